The van der Waals surface area contributed by atoms with E-state index in [9.17, 15) is 14.2 Å². The largest absolute Gasteiger partial charge is 0.469 e. The molecule has 0 aromatic carbocycles. The lowest BCUT2D eigenvalue weighted by molar-refractivity contribution is -0.161. The van der Waals surface area contributed by atoms with E-state index in [0.29, 0.717) is 12.8 Å². The van der Waals surface area contributed by atoms with Crippen molar-refractivity contribution in [1.82, 2.24) is 0 Å². The summed E-state index contributed by atoms with van der Waals surface area (Å²) in [5.41, 5.74) is 0. The molecule has 0 aromatic heterocycles. The second kappa shape index (κ2) is 35.1. The molecule has 1 atom stereocenters. The second-order valence-electron chi connectivity index (χ2n) is 12.9. The summed E-state index contributed by atoms with van der Waals surface area (Å²) in [7, 11) is -4.76. The molecular formula is C39H71O8P. The number of carbonyl (C=O) groups is 2. The first-order chi connectivity index (χ1) is 23.3. The van der Waals surface area contributed by atoms with Gasteiger partial charge in [-0.1, -0.05) is 140 Å². The lowest BCUT2D eigenvalue weighted by atomic mass is 10.1. The van der Waals surface area contributed by atoms with Gasteiger partial charge in [0.15, 0.2) is 6.10 Å². The Labute approximate surface area is 293 Å². The fourth-order valence-corrected chi connectivity index (χ4v) is 5.59. The number of phosphoric ester groups is 1. The first kappa shape index (κ1) is 46.3. The van der Waals surface area contributed by atoms with E-state index >= 15 is 0 Å². The molecule has 0 aliphatic carbocycles. The summed E-state index contributed by atoms with van der Waals surface area (Å²) in [5, 5.41) is 0. The zero-order valence-electron chi connectivity index (χ0n) is 30.6. The van der Waals surface area contributed by atoms with Crippen LogP contribution in [0.3, 0.4) is 0 Å². The van der Waals surface area contributed by atoms with Gasteiger partial charge in [0.2, 0.25) is 0 Å². The maximum atomic E-state index is 12.3. The second-order valence-corrected chi connectivity index (χ2v) is 14.1. The van der Waals surface area contributed by atoms with Crippen molar-refractivity contribution in [3.63, 3.8) is 0 Å². The molecular weight excluding hydrogens is 627 g/mol. The van der Waals surface area contributed by atoms with Crippen LogP contribution < -0.4 is 0 Å². The summed E-state index contributed by atoms with van der Waals surface area (Å²) in [5.74, 6) is -0.956. The van der Waals surface area contributed by atoms with Gasteiger partial charge in [-0.2, -0.15) is 0 Å². The SMILES string of the molecule is CCCCCCCC/C=C/CCCCCC(=O)O[C@H](COC(=O)CCC/C=C/C/C=C/CCCCCCCCCCC)COP(=O)(O)O. The van der Waals surface area contributed by atoms with Gasteiger partial charge >= 0.3 is 19.8 Å². The zero-order chi connectivity index (χ0) is 35.4. The Hall–Kier alpha value is -1.73. The summed E-state index contributed by atoms with van der Waals surface area (Å²) in [6.45, 7) is 3.62. The predicted molar refractivity (Wildman–Crippen MR) is 198 cm³/mol. The Morgan fingerprint density at radius 2 is 0.958 bits per heavy atom. The van der Waals surface area contributed by atoms with Crippen LogP contribution in [0.2, 0.25) is 0 Å². The van der Waals surface area contributed by atoms with E-state index in [2.05, 4.69) is 54.8 Å². The summed E-state index contributed by atoms with van der Waals surface area (Å²) < 4.78 is 26.2. The molecule has 0 aliphatic rings. The molecule has 0 heterocycles. The molecule has 0 rings (SSSR count). The number of phosphoric acid groups is 1. The smallest absolute Gasteiger partial charge is 0.462 e. The van der Waals surface area contributed by atoms with E-state index in [-0.39, 0.29) is 19.4 Å². The minimum atomic E-state index is -4.76. The third-order valence-electron chi connectivity index (χ3n) is 8.13. The third-order valence-corrected chi connectivity index (χ3v) is 8.62. The molecule has 0 bridgehead atoms. The fourth-order valence-electron chi connectivity index (χ4n) is 5.23. The summed E-state index contributed by atoms with van der Waals surface area (Å²) in [4.78, 5) is 42.6. The van der Waals surface area contributed by atoms with E-state index < -0.39 is 32.5 Å². The maximum Gasteiger partial charge on any atom is 0.469 e. The molecule has 0 radical (unpaired) electrons. The highest BCUT2D eigenvalue weighted by Crippen LogP contribution is 2.36. The van der Waals surface area contributed by atoms with Gasteiger partial charge < -0.3 is 19.3 Å². The van der Waals surface area contributed by atoms with Crippen LogP contribution >= 0.6 is 7.82 Å². The van der Waals surface area contributed by atoms with E-state index in [1.807, 2.05) is 0 Å². The van der Waals surface area contributed by atoms with Gasteiger partial charge in [0.05, 0.1) is 6.61 Å². The van der Waals surface area contributed by atoms with Crippen molar-refractivity contribution in [3.8, 4) is 0 Å². The van der Waals surface area contributed by atoms with Crippen LogP contribution in [-0.2, 0) is 28.2 Å². The van der Waals surface area contributed by atoms with Gasteiger partial charge in [-0.15, -0.1) is 0 Å². The van der Waals surface area contributed by atoms with Crippen LogP contribution in [0.4, 0.5) is 0 Å². The number of carbonyl (C=O) groups excluding carboxylic acids is 2. The van der Waals surface area contributed by atoms with Crippen molar-refractivity contribution >= 4 is 19.8 Å². The minimum absolute atomic E-state index is 0.183. The lowest BCUT2D eigenvalue weighted by Crippen LogP contribution is -2.29. The summed E-state index contributed by atoms with van der Waals surface area (Å²) >= 11 is 0. The molecule has 9 heteroatoms. The molecule has 0 aromatic rings. The fraction of sp³-hybridized carbons (Fsp3) is 0.795. The summed E-state index contributed by atoms with van der Waals surface area (Å²) in [6.07, 6.45) is 40.2. The Balaban J connectivity index is 4.04. The molecule has 0 amide bonds. The minimum Gasteiger partial charge on any atom is -0.462 e. The molecule has 2 N–H and O–H groups in total. The van der Waals surface area contributed by atoms with Gasteiger partial charge in [0, 0.05) is 12.8 Å². The van der Waals surface area contributed by atoms with E-state index in [1.54, 1.807) is 0 Å². The van der Waals surface area contributed by atoms with Gasteiger partial charge in [0.25, 0.3) is 0 Å². The monoisotopic (exact) mass is 698 g/mol. The number of esters is 2. The number of hydrogen-bond donors (Lipinski definition) is 2. The van der Waals surface area contributed by atoms with Crippen LogP contribution in [0.25, 0.3) is 0 Å². The van der Waals surface area contributed by atoms with Crippen LogP contribution in [0.15, 0.2) is 36.5 Å². The Kier molecular flexibility index (Phi) is 33.8. The van der Waals surface area contributed by atoms with Gasteiger partial charge in [0.1, 0.15) is 6.61 Å². The van der Waals surface area contributed by atoms with Crippen molar-refractivity contribution in [2.45, 2.75) is 187 Å². The molecule has 0 saturated carbocycles. The highest BCUT2D eigenvalue weighted by molar-refractivity contribution is 7.46. The molecule has 0 spiro atoms. The molecule has 0 aliphatic heterocycles. The normalized spacial score (nSPS) is 12.8. The zero-order valence-corrected chi connectivity index (χ0v) is 31.5. The molecule has 8 nitrogen and oxygen atoms in total. The average molecular weight is 699 g/mol. The maximum absolute atomic E-state index is 12.3. The van der Waals surface area contributed by atoms with E-state index in [0.717, 1.165) is 44.9 Å². The number of hydrogen-bond acceptors (Lipinski definition) is 6. The molecule has 0 unspecified atom stereocenters. The number of rotatable bonds is 35. The highest BCUT2D eigenvalue weighted by Gasteiger charge is 2.22. The van der Waals surface area contributed by atoms with Crippen LogP contribution in [0, 0.1) is 0 Å². The van der Waals surface area contributed by atoms with Crippen molar-refractivity contribution in [1.29, 1.82) is 0 Å². The van der Waals surface area contributed by atoms with Crippen molar-refractivity contribution in [3.05, 3.63) is 36.5 Å². The van der Waals surface area contributed by atoms with Crippen molar-refractivity contribution in [2.75, 3.05) is 13.2 Å². The quantitative estimate of drug-likeness (QED) is 0.0290. The first-order valence-electron chi connectivity index (χ1n) is 19.3. The number of allylic oxidation sites excluding steroid dienone is 6. The lowest BCUT2D eigenvalue weighted by Gasteiger charge is -2.18. The number of ether oxygens (including phenoxy) is 2. The average Bonchev–Trinajstić information content (AvgIpc) is 3.05. The standard InChI is InChI=1S/C39H71O8P/c1-3-5-7-9-11-13-15-17-18-19-20-22-23-25-27-29-31-33-38(40)45-35-37(36-46-48(42,43)44)47-39(41)34-32-30-28-26-24-21-16-14-12-10-8-6-4-2/h20-22,24-25,27,37H,3-19,23,26,28-36H2,1-2H3,(H2,42,43,44)/b22-20+,24-21+,27-25+/t37-/m1/s1. The third kappa shape index (κ3) is 37.1. The van der Waals surface area contributed by atoms with Crippen molar-refractivity contribution in [2.24, 2.45) is 0 Å². The molecule has 48 heavy (non-hydrogen) atoms. The highest BCUT2D eigenvalue weighted by atomic mass is 31.2. The van der Waals surface area contributed by atoms with Gasteiger partial charge in [-0.25, -0.2) is 4.57 Å². The summed E-state index contributed by atoms with van der Waals surface area (Å²) in [6, 6.07) is 0. The topological polar surface area (TPSA) is 119 Å². The van der Waals surface area contributed by atoms with Gasteiger partial charge in [-0.3, -0.25) is 14.1 Å². The van der Waals surface area contributed by atoms with Crippen LogP contribution in [-0.4, -0.2) is 41.0 Å². The molecule has 0 fully saturated rings. The first-order valence-corrected chi connectivity index (χ1v) is 20.8. The predicted octanol–water partition coefficient (Wildman–Crippen LogP) is 11.4. The number of unbranched alkanes of at least 4 members (excludes halogenated alkanes) is 19. The van der Waals surface area contributed by atoms with Crippen molar-refractivity contribution < 1.29 is 37.9 Å². The van der Waals surface area contributed by atoms with Crippen LogP contribution in [0.5, 0.6) is 0 Å². The molecule has 280 valence electrons. The van der Waals surface area contributed by atoms with E-state index in [4.69, 9.17) is 19.3 Å². The Morgan fingerprint density at radius 3 is 1.46 bits per heavy atom. The Bertz CT molecular complexity index is 879. The van der Waals surface area contributed by atoms with Crippen LogP contribution in [0.1, 0.15) is 181 Å². The van der Waals surface area contributed by atoms with E-state index in [1.165, 1.54) is 96.3 Å². The Morgan fingerprint density at radius 1 is 0.542 bits per heavy atom. The van der Waals surface area contributed by atoms with Gasteiger partial charge in [-0.05, 0) is 64.2 Å². The molecule has 0 saturated heterocycles.